The summed E-state index contributed by atoms with van der Waals surface area (Å²) in [6, 6.07) is 20.3. The van der Waals surface area contributed by atoms with Gasteiger partial charge in [0.1, 0.15) is 5.25 Å². The predicted molar refractivity (Wildman–Crippen MR) is 149 cm³/mol. The summed E-state index contributed by atoms with van der Waals surface area (Å²) in [6.07, 6.45) is 0.643. The fourth-order valence-electron chi connectivity index (χ4n) is 3.94. The first kappa shape index (κ1) is 26.6. The minimum absolute atomic E-state index is 0.0722. The number of halogens is 1. The van der Waals surface area contributed by atoms with Crippen LogP contribution in [0.1, 0.15) is 17.5 Å². The van der Waals surface area contributed by atoms with Crippen molar-refractivity contribution in [1.29, 1.82) is 0 Å². The Hall–Kier alpha value is -3.49. The van der Waals surface area contributed by atoms with E-state index in [1.54, 1.807) is 37.3 Å². The minimum atomic E-state index is -0.608. The molecule has 1 aliphatic rings. The Balaban J connectivity index is 1.56. The Morgan fingerprint density at radius 1 is 1.08 bits per heavy atom. The highest BCUT2D eigenvalue weighted by atomic mass is 35.5. The Bertz CT molecular complexity index is 1330. The third kappa shape index (κ3) is 6.84. The summed E-state index contributed by atoms with van der Waals surface area (Å²) in [6.45, 7) is 2.35. The van der Waals surface area contributed by atoms with Gasteiger partial charge in [-0.2, -0.15) is 0 Å². The third-order valence-corrected chi connectivity index (χ3v) is 7.25. The molecule has 1 saturated heterocycles. The summed E-state index contributed by atoms with van der Waals surface area (Å²) in [5.41, 5.74) is 3.33. The number of carbonyl (C=O) groups is 2. The number of benzene rings is 3. The molecule has 4 rings (SSSR count). The van der Waals surface area contributed by atoms with Crippen molar-refractivity contribution < 1.29 is 19.1 Å². The Morgan fingerprint density at radius 3 is 2.59 bits per heavy atom. The zero-order valence-corrected chi connectivity index (χ0v) is 22.4. The SMILES string of the molecule is COc1ccc(CCN2C(=O)CC(C(=O)Nc3cccc(C)c3)SC2=Nc2cccc(Cl)c2)cc1OC. The molecule has 1 atom stereocenters. The summed E-state index contributed by atoms with van der Waals surface area (Å²) in [4.78, 5) is 32.7. The van der Waals surface area contributed by atoms with E-state index in [4.69, 9.17) is 26.1 Å². The molecule has 2 amide bonds. The quantitative estimate of drug-likeness (QED) is 0.389. The number of carbonyl (C=O) groups excluding carboxylic acids is 2. The van der Waals surface area contributed by atoms with Crippen LogP contribution in [-0.4, -0.2) is 47.9 Å². The normalized spacial score (nSPS) is 16.5. The van der Waals surface area contributed by atoms with Gasteiger partial charge in [-0.1, -0.05) is 47.6 Å². The van der Waals surface area contributed by atoms with Gasteiger partial charge in [-0.25, -0.2) is 4.99 Å². The zero-order valence-electron chi connectivity index (χ0n) is 20.9. The van der Waals surface area contributed by atoms with Crippen LogP contribution in [0, 0.1) is 6.92 Å². The monoisotopic (exact) mass is 537 g/mol. The van der Waals surface area contributed by atoms with Crippen molar-refractivity contribution in [2.75, 3.05) is 26.1 Å². The average Bonchev–Trinajstić information content (AvgIpc) is 2.88. The molecule has 1 aliphatic heterocycles. The van der Waals surface area contributed by atoms with Gasteiger partial charge in [-0.3, -0.25) is 14.5 Å². The van der Waals surface area contributed by atoms with E-state index in [9.17, 15) is 9.59 Å². The van der Waals surface area contributed by atoms with Crippen LogP contribution in [0.5, 0.6) is 11.5 Å². The molecule has 37 heavy (non-hydrogen) atoms. The van der Waals surface area contributed by atoms with Crippen molar-refractivity contribution in [2.45, 2.75) is 25.0 Å². The molecular weight excluding hydrogens is 510 g/mol. The smallest absolute Gasteiger partial charge is 0.238 e. The molecule has 192 valence electrons. The van der Waals surface area contributed by atoms with Crippen molar-refractivity contribution in [1.82, 2.24) is 4.90 Å². The van der Waals surface area contributed by atoms with Crippen LogP contribution >= 0.6 is 23.4 Å². The zero-order chi connectivity index (χ0) is 26.4. The van der Waals surface area contributed by atoms with Gasteiger partial charge in [0, 0.05) is 23.7 Å². The van der Waals surface area contributed by atoms with Crippen LogP contribution in [0.15, 0.2) is 71.7 Å². The second kappa shape index (κ2) is 12.2. The molecule has 0 bridgehead atoms. The van der Waals surface area contributed by atoms with Crippen molar-refractivity contribution in [3.05, 3.63) is 82.9 Å². The number of thioether (sulfide) groups is 1. The first-order valence-corrected chi connectivity index (χ1v) is 13.0. The number of amides is 2. The number of rotatable bonds is 8. The van der Waals surface area contributed by atoms with Crippen LogP contribution in [0.25, 0.3) is 0 Å². The predicted octanol–water partition coefficient (Wildman–Crippen LogP) is 5.87. The van der Waals surface area contributed by atoms with Crippen molar-refractivity contribution in [3.63, 3.8) is 0 Å². The van der Waals surface area contributed by atoms with Crippen LogP contribution in [0.3, 0.4) is 0 Å². The van der Waals surface area contributed by atoms with Gasteiger partial charge in [0.05, 0.1) is 19.9 Å². The van der Waals surface area contributed by atoms with Crippen LogP contribution in [-0.2, 0) is 16.0 Å². The Morgan fingerprint density at radius 2 is 1.86 bits per heavy atom. The second-order valence-electron chi connectivity index (χ2n) is 8.53. The van der Waals surface area contributed by atoms with Gasteiger partial charge in [0.2, 0.25) is 11.8 Å². The topological polar surface area (TPSA) is 80.2 Å². The van der Waals surface area contributed by atoms with E-state index in [0.29, 0.717) is 46.0 Å². The van der Waals surface area contributed by atoms with Crippen LogP contribution in [0.2, 0.25) is 5.02 Å². The molecule has 1 heterocycles. The number of aliphatic imine (C=N–C) groups is 1. The van der Waals surface area contributed by atoms with Gasteiger partial charge >= 0.3 is 0 Å². The first-order chi connectivity index (χ1) is 17.9. The number of nitrogens with one attached hydrogen (secondary N) is 1. The molecule has 1 N–H and O–H groups in total. The van der Waals surface area contributed by atoms with Crippen LogP contribution in [0.4, 0.5) is 11.4 Å². The summed E-state index contributed by atoms with van der Waals surface area (Å²) < 4.78 is 10.7. The highest BCUT2D eigenvalue weighted by Crippen LogP contribution is 2.32. The molecule has 0 spiro atoms. The maximum Gasteiger partial charge on any atom is 0.238 e. The number of aryl methyl sites for hydroxylation is 1. The maximum atomic E-state index is 13.3. The number of methoxy groups -OCH3 is 2. The van der Waals surface area contributed by atoms with E-state index >= 15 is 0 Å². The van der Waals surface area contributed by atoms with Gasteiger partial charge < -0.3 is 14.8 Å². The van der Waals surface area contributed by atoms with Gasteiger partial charge in [-0.15, -0.1) is 0 Å². The lowest BCUT2D eigenvalue weighted by Crippen LogP contribution is -2.46. The molecule has 0 aliphatic carbocycles. The fourth-order valence-corrected chi connectivity index (χ4v) is 5.25. The number of ether oxygens (including phenoxy) is 2. The molecule has 9 heteroatoms. The van der Waals surface area contributed by atoms with E-state index in [1.807, 2.05) is 55.5 Å². The molecule has 3 aromatic carbocycles. The largest absolute Gasteiger partial charge is 0.493 e. The number of hydrogen-bond acceptors (Lipinski definition) is 6. The Kier molecular flexibility index (Phi) is 8.74. The van der Waals surface area contributed by atoms with E-state index < -0.39 is 5.25 Å². The van der Waals surface area contributed by atoms with E-state index in [1.165, 1.54) is 11.8 Å². The van der Waals surface area contributed by atoms with Gasteiger partial charge in [-0.05, 0) is 66.9 Å². The highest BCUT2D eigenvalue weighted by Gasteiger charge is 2.36. The highest BCUT2D eigenvalue weighted by molar-refractivity contribution is 8.15. The summed E-state index contributed by atoms with van der Waals surface area (Å²) in [5, 5.41) is 3.33. The number of hydrogen-bond donors (Lipinski definition) is 1. The number of anilines is 1. The fraction of sp³-hybridized carbons (Fsp3) is 0.250. The second-order valence-corrected chi connectivity index (χ2v) is 10.1. The molecule has 7 nitrogen and oxygen atoms in total. The van der Waals surface area contributed by atoms with Crippen molar-refractivity contribution in [3.8, 4) is 11.5 Å². The van der Waals surface area contributed by atoms with Gasteiger partial charge in [0.25, 0.3) is 0 Å². The maximum absolute atomic E-state index is 13.3. The number of nitrogens with zero attached hydrogens (tertiary/aromatic N) is 2. The first-order valence-electron chi connectivity index (χ1n) is 11.8. The molecule has 0 aromatic heterocycles. The minimum Gasteiger partial charge on any atom is -0.493 e. The third-order valence-electron chi connectivity index (χ3n) is 5.82. The lowest BCUT2D eigenvalue weighted by molar-refractivity contribution is -0.129. The summed E-state index contributed by atoms with van der Waals surface area (Å²) in [5.74, 6) is 0.869. The molecule has 0 radical (unpaired) electrons. The van der Waals surface area contributed by atoms with Crippen molar-refractivity contribution >= 4 is 51.7 Å². The summed E-state index contributed by atoms with van der Waals surface area (Å²) in [7, 11) is 3.18. The van der Waals surface area contributed by atoms with E-state index in [2.05, 4.69) is 5.32 Å². The molecule has 0 saturated carbocycles. The van der Waals surface area contributed by atoms with E-state index in [0.717, 1.165) is 11.1 Å². The van der Waals surface area contributed by atoms with E-state index in [-0.39, 0.29) is 18.2 Å². The Labute approximate surface area is 225 Å². The standard InChI is InChI=1S/C28H28ClN3O4S/c1-18-6-4-8-21(14-18)30-27(34)25-17-26(33)32(28(37-25)31-22-9-5-7-20(29)16-22)13-12-19-10-11-23(35-2)24(15-19)36-3/h4-11,14-16,25H,12-13,17H2,1-3H3,(H,30,34). The molecule has 1 fully saturated rings. The number of amidine groups is 1. The summed E-state index contributed by atoms with van der Waals surface area (Å²) >= 11 is 7.44. The molecule has 3 aromatic rings. The lowest BCUT2D eigenvalue weighted by Gasteiger charge is -2.32. The average molecular weight is 538 g/mol. The van der Waals surface area contributed by atoms with Crippen LogP contribution < -0.4 is 14.8 Å². The molecular formula is C28H28ClN3O4S. The van der Waals surface area contributed by atoms with Crippen molar-refractivity contribution in [2.24, 2.45) is 4.99 Å². The van der Waals surface area contributed by atoms with Gasteiger partial charge in [0.15, 0.2) is 16.7 Å². The lowest BCUT2D eigenvalue weighted by atomic mass is 10.1. The molecule has 1 unspecified atom stereocenters.